The second-order valence-corrected chi connectivity index (χ2v) is 4.78. The molecule has 1 aliphatic heterocycles. The Labute approximate surface area is 85.2 Å². The first-order chi connectivity index (χ1) is 6.29. The van der Waals surface area contributed by atoms with Crippen molar-refractivity contribution in [3.8, 4) is 0 Å². The maximum Gasteiger partial charge on any atom is 0.163 e. The Kier molecular flexibility index (Phi) is 3.53. The van der Waals surface area contributed by atoms with E-state index in [1.54, 1.807) is 13.8 Å². The largest absolute Gasteiger partial charge is 0.388 e. The first-order valence-electron chi connectivity index (χ1n) is 4.90. The minimum absolute atomic E-state index is 0.0210. The number of rotatable bonds is 4. The van der Waals surface area contributed by atoms with Gasteiger partial charge in [0.2, 0.25) is 0 Å². The van der Waals surface area contributed by atoms with Gasteiger partial charge in [0.05, 0.1) is 25.4 Å². The Morgan fingerprint density at radius 3 is 2.57 bits per heavy atom. The average Bonchev–Trinajstić information content (AvgIpc) is 2.27. The Balaban J connectivity index is 2.15. The number of aliphatic hydroxyl groups is 1. The van der Waals surface area contributed by atoms with Gasteiger partial charge < -0.3 is 19.3 Å². The Morgan fingerprint density at radius 2 is 2.14 bits per heavy atom. The third-order valence-corrected chi connectivity index (χ3v) is 1.83. The molecule has 1 aliphatic rings. The molecule has 0 amide bonds. The van der Waals surface area contributed by atoms with Gasteiger partial charge in [0.15, 0.2) is 5.79 Å². The monoisotopic (exact) mass is 204 g/mol. The fourth-order valence-corrected chi connectivity index (χ4v) is 1.29. The predicted octanol–water partition coefficient (Wildman–Crippen LogP) is 0.925. The van der Waals surface area contributed by atoms with Crippen LogP contribution in [0.2, 0.25) is 0 Å². The third-order valence-electron chi connectivity index (χ3n) is 1.83. The summed E-state index contributed by atoms with van der Waals surface area (Å²) in [5, 5.41) is 9.40. The van der Waals surface area contributed by atoms with Gasteiger partial charge in [0.25, 0.3) is 0 Å². The molecular formula is C10H20O4. The van der Waals surface area contributed by atoms with Crippen LogP contribution in [0, 0.1) is 0 Å². The second-order valence-electron chi connectivity index (χ2n) is 4.78. The molecule has 1 saturated heterocycles. The van der Waals surface area contributed by atoms with Crippen molar-refractivity contribution in [2.24, 2.45) is 0 Å². The van der Waals surface area contributed by atoms with E-state index in [2.05, 4.69) is 0 Å². The molecule has 1 rings (SSSR count). The Morgan fingerprint density at radius 1 is 1.50 bits per heavy atom. The van der Waals surface area contributed by atoms with Crippen molar-refractivity contribution in [3.63, 3.8) is 0 Å². The summed E-state index contributed by atoms with van der Waals surface area (Å²) in [5.74, 6) is -0.497. The maximum absolute atomic E-state index is 9.40. The highest BCUT2D eigenvalue weighted by Gasteiger charge is 2.32. The number of hydrogen-bond donors (Lipinski definition) is 1. The highest BCUT2D eigenvalue weighted by molar-refractivity contribution is 4.71. The SMILES string of the molecule is CC(C)(O)COC[C@@H]1COC(C)(C)O1. The Bertz CT molecular complexity index is 183. The van der Waals surface area contributed by atoms with Crippen LogP contribution in [0.15, 0.2) is 0 Å². The zero-order valence-corrected chi connectivity index (χ0v) is 9.37. The van der Waals surface area contributed by atoms with Gasteiger partial charge in [-0.05, 0) is 27.7 Å². The fraction of sp³-hybridized carbons (Fsp3) is 1.00. The molecular weight excluding hydrogens is 184 g/mol. The standard InChI is InChI=1S/C10H20O4/c1-9(2,11)7-12-5-8-6-13-10(3,4)14-8/h8,11H,5-7H2,1-4H3/t8-/m1/s1. The molecule has 1 N–H and O–H groups in total. The molecule has 4 nitrogen and oxygen atoms in total. The van der Waals surface area contributed by atoms with Crippen LogP contribution in [0.1, 0.15) is 27.7 Å². The number of ether oxygens (including phenoxy) is 3. The lowest BCUT2D eigenvalue weighted by molar-refractivity contribution is -0.147. The molecule has 1 fully saturated rings. The zero-order valence-electron chi connectivity index (χ0n) is 9.37. The summed E-state index contributed by atoms with van der Waals surface area (Å²) in [7, 11) is 0. The highest BCUT2D eigenvalue weighted by atomic mass is 16.7. The molecule has 0 bridgehead atoms. The molecule has 1 heterocycles. The van der Waals surface area contributed by atoms with Crippen molar-refractivity contribution in [2.75, 3.05) is 19.8 Å². The molecule has 0 radical (unpaired) electrons. The van der Waals surface area contributed by atoms with E-state index in [-0.39, 0.29) is 6.10 Å². The van der Waals surface area contributed by atoms with E-state index in [0.29, 0.717) is 19.8 Å². The van der Waals surface area contributed by atoms with E-state index in [4.69, 9.17) is 14.2 Å². The maximum atomic E-state index is 9.40. The molecule has 0 aromatic rings. The van der Waals surface area contributed by atoms with Gasteiger partial charge in [-0.15, -0.1) is 0 Å². The van der Waals surface area contributed by atoms with Gasteiger partial charge in [0.1, 0.15) is 6.10 Å². The van der Waals surface area contributed by atoms with E-state index in [0.717, 1.165) is 0 Å². The highest BCUT2D eigenvalue weighted by Crippen LogP contribution is 2.22. The van der Waals surface area contributed by atoms with Gasteiger partial charge in [-0.1, -0.05) is 0 Å². The third kappa shape index (κ3) is 4.37. The summed E-state index contributed by atoms with van der Waals surface area (Å²) in [6.45, 7) is 8.51. The lowest BCUT2D eigenvalue weighted by Gasteiger charge is -2.19. The van der Waals surface area contributed by atoms with Crippen molar-refractivity contribution < 1.29 is 19.3 Å². The van der Waals surface area contributed by atoms with Crippen molar-refractivity contribution in [1.82, 2.24) is 0 Å². The van der Waals surface area contributed by atoms with Gasteiger partial charge in [-0.3, -0.25) is 0 Å². The Hall–Kier alpha value is -0.160. The molecule has 14 heavy (non-hydrogen) atoms. The van der Waals surface area contributed by atoms with E-state index in [1.807, 2.05) is 13.8 Å². The molecule has 1 atom stereocenters. The molecule has 0 aromatic carbocycles. The van der Waals surface area contributed by atoms with E-state index >= 15 is 0 Å². The molecule has 4 heteroatoms. The van der Waals surface area contributed by atoms with Crippen LogP contribution in [0.25, 0.3) is 0 Å². The smallest absolute Gasteiger partial charge is 0.163 e. The predicted molar refractivity (Wildman–Crippen MR) is 52.0 cm³/mol. The lowest BCUT2D eigenvalue weighted by atomic mass is 10.2. The first kappa shape index (κ1) is 11.9. The van der Waals surface area contributed by atoms with E-state index < -0.39 is 11.4 Å². The summed E-state index contributed by atoms with van der Waals surface area (Å²) < 4.78 is 16.2. The lowest BCUT2D eigenvalue weighted by Crippen LogP contribution is -2.30. The van der Waals surface area contributed by atoms with Crippen LogP contribution in [-0.2, 0) is 14.2 Å². The van der Waals surface area contributed by atoms with Gasteiger partial charge >= 0.3 is 0 Å². The summed E-state index contributed by atoms with van der Waals surface area (Å²) in [5.41, 5.74) is -0.783. The summed E-state index contributed by atoms with van der Waals surface area (Å²) in [6.07, 6.45) is -0.0210. The van der Waals surface area contributed by atoms with E-state index in [1.165, 1.54) is 0 Å². The van der Waals surface area contributed by atoms with Crippen LogP contribution in [0.5, 0.6) is 0 Å². The van der Waals surface area contributed by atoms with Crippen molar-refractivity contribution >= 4 is 0 Å². The first-order valence-corrected chi connectivity index (χ1v) is 4.90. The molecule has 0 saturated carbocycles. The van der Waals surface area contributed by atoms with Crippen LogP contribution in [0.4, 0.5) is 0 Å². The summed E-state index contributed by atoms with van der Waals surface area (Å²) in [4.78, 5) is 0. The van der Waals surface area contributed by atoms with Crippen LogP contribution in [0.3, 0.4) is 0 Å². The number of hydrogen-bond acceptors (Lipinski definition) is 4. The minimum atomic E-state index is -0.783. The van der Waals surface area contributed by atoms with Crippen molar-refractivity contribution in [1.29, 1.82) is 0 Å². The van der Waals surface area contributed by atoms with Crippen LogP contribution >= 0.6 is 0 Å². The summed E-state index contributed by atoms with van der Waals surface area (Å²) in [6, 6.07) is 0. The van der Waals surface area contributed by atoms with Crippen molar-refractivity contribution in [2.45, 2.75) is 45.2 Å². The second kappa shape index (κ2) is 4.14. The summed E-state index contributed by atoms with van der Waals surface area (Å²) >= 11 is 0. The topological polar surface area (TPSA) is 47.9 Å². The molecule has 0 aromatic heterocycles. The molecule has 84 valence electrons. The van der Waals surface area contributed by atoms with Crippen LogP contribution in [-0.4, -0.2) is 42.4 Å². The van der Waals surface area contributed by atoms with Crippen molar-refractivity contribution in [3.05, 3.63) is 0 Å². The van der Waals surface area contributed by atoms with Gasteiger partial charge in [0, 0.05) is 0 Å². The minimum Gasteiger partial charge on any atom is -0.388 e. The average molecular weight is 204 g/mol. The zero-order chi connectivity index (χ0) is 10.8. The molecule has 0 unspecified atom stereocenters. The quantitative estimate of drug-likeness (QED) is 0.740. The van der Waals surface area contributed by atoms with E-state index in [9.17, 15) is 5.11 Å². The normalized spacial score (nSPS) is 26.8. The van der Waals surface area contributed by atoms with Crippen LogP contribution < -0.4 is 0 Å². The van der Waals surface area contributed by atoms with Gasteiger partial charge in [-0.2, -0.15) is 0 Å². The molecule has 0 spiro atoms. The molecule has 0 aliphatic carbocycles. The fourth-order valence-electron chi connectivity index (χ4n) is 1.29. The van der Waals surface area contributed by atoms with Gasteiger partial charge in [-0.25, -0.2) is 0 Å².